The Morgan fingerprint density at radius 1 is 1.12 bits per heavy atom. The second-order valence-corrected chi connectivity index (χ2v) is 7.65. The minimum Gasteiger partial charge on any atom is -0.478 e. The van der Waals surface area contributed by atoms with Crippen LogP contribution >= 0.6 is 0 Å². The van der Waals surface area contributed by atoms with E-state index in [2.05, 4.69) is 25.1 Å². The largest absolute Gasteiger partial charge is 0.478 e. The summed E-state index contributed by atoms with van der Waals surface area (Å²) in [6.45, 7) is 4.53. The number of nitrogens with zero attached hydrogens (tertiary/aromatic N) is 5. The molecule has 1 aliphatic rings. The summed E-state index contributed by atoms with van der Waals surface area (Å²) in [6.07, 6.45) is -3.52. The molecule has 2 N–H and O–H groups in total. The number of aryl methyl sites for hydroxylation is 1. The Hall–Kier alpha value is -3.73. The third-order valence-corrected chi connectivity index (χ3v) is 5.38. The van der Waals surface area contributed by atoms with Crippen LogP contribution in [0.4, 0.5) is 24.5 Å². The lowest BCUT2D eigenvalue weighted by atomic mass is 10.0. The standard InChI is InChI=1S/C23H23F3N6O2/c1-14-3-4-15(21(27)29-16-5-6-28-20(12-16)23(24,25)26)11-17(14)18-13-19(22(33-2)31-30-18)32-7-9-34-10-8-32/h3-6,11-13H,7-10H2,1-2H3,(H2,27,28,29). The molecule has 0 saturated carbocycles. The molecule has 2 aromatic heterocycles. The average molecular weight is 472 g/mol. The van der Waals surface area contributed by atoms with Crippen LogP contribution in [0.1, 0.15) is 16.8 Å². The van der Waals surface area contributed by atoms with E-state index in [4.69, 9.17) is 15.2 Å². The Morgan fingerprint density at radius 2 is 1.88 bits per heavy atom. The van der Waals surface area contributed by atoms with E-state index in [-0.39, 0.29) is 11.5 Å². The van der Waals surface area contributed by atoms with Crippen LogP contribution in [0, 0.1) is 6.92 Å². The number of hydrogen-bond donors (Lipinski definition) is 1. The maximum atomic E-state index is 13.0. The fourth-order valence-electron chi connectivity index (χ4n) is 3.58. The highest BCUT2D eigenvalue weighted by molar-refractivity contribution is 6.00. The summed E-state index contributed by atoms with van der Waals surface area (Å²) in [4.78, 5) is 9.63. The molecule has 34 heavy (non-hydrogen) atoms. The fraction of sp³-hybridized carbons (Fsp3) is 0.304. The number of pyridine rings is 1. The number of anilines is 1. The van der Waals surface area contributed by atoms with E-state index in [1.54, 1.807) is 19.2 Å². The molecule has 0 radical (unpaired) electrons. The normalized spacial score (nSPS) is 14.9. The van der Waals surface area contributed by atoms with Crippen molar-refractivity contribution in [2.75, 3.05) is 38.3 Å². The lowest BCUT2D eigenvalue weighted by Gasteiger charge is -2.29. The molecule has 1 saturated heterocycles. The molecule has 0 spiro atoms. The van der Waals surface area contributed by atoms with Gasteiger partial charge in [-0.2, -0.15) is 13.2 Å². The molecular weight excluding hydrogens is 449 g/mol. The molecule has 4 rings (SSSR count). The molecule has 3 aromatic rings. The maximum Gasteiger partial charge on any atom is 0.433 e. The van der Waals surface area contributed by atoms with Crippen molar-refractivity contribution in [2.45, 2.75) is 13.1 Å². The van der Waals surface area contributed by atoms with Crippen LogP contribution in [0.2, 0.25) is 0 Å². The maximum absolute atomic E-state index is 13.0. The predicted molar refractivity (Wildman–Crippen MR) is 121 cm³/mol. The zero-order valence-corrected chi connectivity index (χ0v) is 18.6. The minimum atomic E-state index is -4.57. The number of ether oxygens (including phenoxy) is 2. The van der Waals surface area contributed by atoms with E-state index >= 15 is 0 Å². The van der Waals surface area contributed by atoms with E-state index in [0.717, 1.165) is 29.1 Å². The van der Waals surface area contributed by atoms with Gasteiger partial charge < -0.3 is 20.1 Å². The number of alkyl halides is 3. The lowest BCUT2D eigenvalue weighted by molar-refractivity contribution is -0.141. The van der Waals surface area contributed by atoms with Gasteiger partial charge in [0, 0.05) is 30.4 Å². The third-order valence-electron chi connectivity index (χ3n) is 5.38. The monoisotopic (exact) mass is 472 g/mol. The first-order chi connectivity index (χ1) is 16.3. The van der Waals surface area contributed by atoms with Gasteiger partial charge >= 0.3 is 6.18 Å². The van der Waals surface area contributed by atoms with E-state index in [1.165, 1.54) is 6.07 Å². The van der Waals surface area contributed by atoms with E-state index in [1.807, 2.05) is 19.1 Å². The van der Waals surface area contributed by atoms with Crippen LogP contribution < -0.4 is 15.4 Å². The number of aromatic nitrogens is 3. The Balaban J connectivity index is 1.70. The topological polar surface area (TPSA) is 98.8 Å². The Labute approximate surface area is 194 Å². The van der Waals surface area contributed by atoms with Crippen molar-refractivity contribution in [1.82, 2.24) is 15.2 Å². The molecule has 1 aliphatic heterocycles. The second-order valence-electron chi connectivity index (χ2n) is 7.65. The summed E-state index contributed by atoms with van der Waals surface area (Å²) in [6, 6.07) is 9.51. The summed E-state index contributed by atoms with van der Waals surface area (Å²) in [7, 11) is 1.54. The molecule has 0 atom stereocenters. The highest BCUT2D eigenvalue weighted by Crippen LogP contribution is 2.32. The van der Waals surface area contributed by atoms with Gasteiger partial charge in [-0.25, -0.2) is 4.99 Å². The molecule has 8 nitrogen and oxygen atoms in total. The highest BCUT2D eigenvalue weighted by atomic mass is 19.4. The van der Waals surface area contributed by atoms with Crippen molar-refractivity contribution in [1.29, 1.82) is 0 Å². The fourth-order valence-corrected chi connectivity index (χ4v) is 3.58. The smallest absolute Gasteiger partial charge is 0.433 e. The molecule has 0 amide bonds. The van der Waals surface area contributed by atoms with Crippen molar-refractivity contribution in [3.05, 3.63) is 59.4 Å². The number of benzene rings is 1. The van der Waals surface area contributed by atoms with Crippen molar-refractivity contribution in [3.63, 3.8) is 0 Å². The van der Waals surface area contributed by atoms with Crippen molar-refractivity contribution in [3.8, 4) is 17.1 Å². The van der Waals surface area contributed by atoms with Gasteiger partial charge in [-0.3, -0.25) is 4.98 Å². The third kappa shape index (κ3) is 5.09. The molecule has 3 heterocycles. The number of rotatable bonds is 5. The zero-order chi connectivity index (χ0) is 24.3. The minimum absolute atomic E-state index is 0.0563. The number of amidine groups is 1. The molecule has 178 valence electrons. The van der Waals surface area contributed by atoms with Gasteiger partial charge in [0.1, 0.15) is 17.2 Å². The summed E-state index contributed by atoms with van der Waals surface area (Å²) in [5, 5.41) is 8.55. The Morgan fingerprint density at radius 3 is 2.59 bits per heavy atom. The molecule has 1 fully saturated rings. The molecule has 0 unspecified atom stereocenters. The number of hydrogen-bond acceptors (Lipinski definition) is 7. The van der Waals surface area contributed by atoms with Gasteiger partial charge in [0.2, 0.25) is 0 Å². The predicted octanol–water partition coefficient (Wildman–Crippen LogP) is 3.75. The SMILES string of the molecule is COc1nnc(-c2cc(C(N)=Nc3ccnc(C(F)(F)F)c3)ccc2C)cc1N1CCOCC1. The van der Waals surface area contributed by atoms with Crippen molar-refractivity contribution >= 4 is 17.2 Å². The second kappa shape index (κ2) is 9.64. The first-order valence-corrected chi connectivity index (χ1v) is 10.5. The molecule has 0 aliphatic carbocycles. The van der Waals surface area contributed by atoms with Crippen LogP contribution in [0.5, 0.6) is 5.88 Å². The van der Waals surface area contributed by atoms with Gasteiger partial charge in [-0.1, -0.05) is 12.1 Å². The van der Waals surface area contributed by atoms with E-state index in [0.29, 0.717) is 43.4 Å². The number of halogens is 3. The number of aliphatic imine (C=N–C) groups is 1. The Kier molecular flexibility index (Phi) is 6.64. The van der Waals surface area contributed by atoms with Crippen LogP contribution in [0.25, 0.3) is 11.3 Å². The van der Waals surface area contributed by atoms with E-state index in [9.17, 15) is 13.2 Å². The first-order valence-electron chi connectivity index (χ1n) is 10.5. The lowest BCUT2D eigenvalue weighted by Crippen LogP contribution is -2.36. The number of methoxy groups -OCH3 is 1. The molecule has 11 heteroatoms. The highest BCUT2D eigenvalue weighted by Gasteiger charge is 2.32. The van der Waals surface area contributed by atoms with Gasteiger partial charge in [0.05, 0.1) is 31.7 Å². The Bertz CT molecular complexity index is 1210. The average Bonchev–Trinajstić information content (AvgIpc) is 2.84. The van der Waals surface area contributed by atoms with Crippen LogP contribution in [-0.4, -0.2) is 54.4 Å². The van der Waals surface area contributed by atoms with Crippen molar-refractivity contribution < 1.29 is 22.6 Å². The number of nitrogens with two attached hydrogens (primary N) is 1. The van der Waals surface area contributed by atoms with Crippen LogP contribution in [-0.2, 0) is 10.9 Å². The molecule has 1 aromatic carbocycles. The molecular formula is C23H23F3N6O2. The van der Waals surface area contributed by atoms with Crippen LogP contribution in [0.15, 0.2) is 47.6 Å². The summed E-state index contributed by atoms with van der Waals surface area (Å²) in [5.41, 5.74) is 8.81. The quantitative estimate of drug-likeness (QED) is 0.446. The summed E-state index contributed by atoms with van der Waals surface area (Å²) < 4.78 is 49.7. The van der Waals surface area contributed by atoms with Gasteiger partial charge in [-0.05, 0) is 36.8 Å². The summed E-state index contributed by atoms with van der Waals surface area (Å²) in [5.74, 6) is 0.481. The van der Waals surface area contributed by atoms with Gasteiger partial charge in [0.15, 0.2) is 0 Å². The van der Waals surface area contributed by atoms with Gasteiger partial charge in [0.25, 0.3) is 5.88 Å². The van der Waals surface area contributed by atoms with Crippen molar-refractivity contribution in [2.24, 2.45) is 10.7 Å². The van der Waals surface area contributed by atoms with Crippen LogP contribution in [0.3, 0.4) is 0 Å². The molecule has 0 bridgehead atoms. The summed E-state index contributed by atoms with van der Waals surface area (Å²) >= 11 is 0. The zero-order valence-electron chi connectivity index (χ0n) is 18.6. The first kappa shape index (κ1) is 23.4. The van der Waals surface area contributed by atoms with E-state index < -0.39 is 11.9 Å². The van der Waals surface area contributed by atoms with Gasteiger partial charge in [-0.15, -0.1) is 10.2 Å². The number of morpholine rings is 1.